The quantitative estimate of drug-likeness (QED) is 0.260. The summed E-state index contributed by atoms with van der Waals surface area (Å²) >= 11 is 1.41. The summed E-state index contributed by atoms with van der Waals surface area (Å²) in [7, 11) is 3.28. The number of hydrogen-bond acceptors (Lipinski definition) is 7. The Bertz CT molecular complexity index is 977. The first-order chi connectivity index (χ1) is 15.0. The SMILES string of the molecule is CC/C(O)=C/C(=O)c1ncsc1N(Cc1ccc(OC)cc1)Cc1ccc(OC)cc1. The number of ether oxygens (including phenoxy) is 2. The first-order valence-electron chi connectivity index (χ1n) is 9.92. The van der Waals surface area contributed by atoms with Crippen molar-refractivity contribution in [3.8, 4) is 11.5 Å². The first kappa shape index (κ1) is 22.4. The van der Waals surface area contributed by atoms with Crippen LogP contribution in [0, 0.1) is 0 Å². The highest BCUT2D eigenvalue weighted by Gasteiger charge is 2.20. The van der Waals surface area contributed by atoms with Crippen molar-refractivity contribution in [1.82, 2.24) is 4.98 Å². The molecule has 0 saturated heterocycles. The summed E-state index contributed by atoms with van der Waals surface area (Å²) in [5.41, 5.74) is 4.15. The highest BCUT2D eigenvalue weighted by atomic mass is 32.1. The second-order valence-corrected chi connectivity index (χ2v) is 7.75. The maximum Gasteiger partial charge on any atom is 0.210 e. The van der Waals surface area contributed by atoms with Gasteiger partial charge in [0, 0.05) is 25.6 Å². The third kappa shape index (κ3) is 5.86. The van der Waals surface area contributed by atoms with Crippen LogP contribution < -0.4 is 14.4 Å². The minimum absolute atomic E-state index is 0.0424. The van der Waals surface area contributed by atoms with E-state index in [-0.39, 0.29) is 11.5 Å². The van der Waals surface area contributed by atoms with Gasteiger partial charge in [0.2, 0.25) is 5.78 Å². The van der Waals surface area contributed by atoms with Crippen LogP contribution in [0.5, 0.6) is 11.5 Å². The van der Waals surface area contributed by atoms with Gasteiger partial charge < -0.3 is 19.5 Å². The highest BCUT2D eigenvalue weighted by molar-refractivity contribution is 7.14. The standard InChI is InChI=1S/C24H26N2O4S/c1-4-19(27)13-22(28)23-24(31-16-25-23)26(14-17-5-9-20(29-2)10-6-17)15-18-7-11-21(30-3)12-8-18/h5-13,16,27H,4,14-15H2,1-3H3/b19-13-. The van der Waals surface area contributed by atoms with Crippen molar-refractivity contribution in [2.24, 2.45) is 0 Å². The Kier molecular flexibility index (Phi) is 7.67. The monoisotopic (exact) mass is 438 g/mol. The number of carbonyl (C=O) groups is 1. The van der Waals surface area contributed by atoms with E-state index in [4.69, 9.17) is 9.47 Å². The average molecular weight is 439 g/mol. The molecular weight excluding hydrogens is 412 g/mol. The minimum atomic E-state index is -0.301. The van der Waals surface area contributed by atoms with E-state index in [1.807, 2.05) is 48.5 Å². The van der Waals surface area contributed by atoms with Crippen LogP contribution in [0.1, 0.15) is 35.0 Å². The molecule has 6 nitrogen and oxygen atoms in total. The second-order valence-electron chi connectivity index (χ2n) is 6.91. The number of anilines is 1. The molecule has 31 heavy (non-hydrogen) atoms. The third-order valence-corrected chi connectivity index (χ3v) is 5.68. The Labute approximate surface area is 186 Å². The van der Waals surface area contributed by atoms with Crippen LogP contribution in [-0.4, -0.2) is 30.1 Å². The van der Waals surface area contributed by atoms with E-state index in [0.717, 1.165) is 27.6 Å². The van der Waals surface area contributed by atoms with Gasteiger partial charge in [0.1, 0.15) is 22.2 Å². The molecular formula is C24H26N2O4S. The minimum Gasteiger partial charge on any atom is -0.512 e. The molecule has 3 rings (SSSR count). The topological polar surface area (TPSA) is 71.9 Å². The molecule has 162 valence electrons. The number of allylic oxidation sites excluding steroid dienone is 2. The van der Waals surface area contributed by atoms with Crippen LogP contribution >= 0.6 is 11.3 Å². The third-order valence-electron chi connectivity index (χ3n) is 4.79. The summed E-state index contributed by atoms with van der Waals surface area (Å²) < 4.78 is 10.5. The molecule has 0 aliphatic heterocycles. The van der Waals surface area contributed by atoms with Gasteiger partial charge in [-0.1, -0.05) is 31.2 Å². The number of thiazole rings is 1. The fourth-order valence-corrected chi connectivity index (χ4v) is 3.86. The molecule has 1 aromatic heterocycles. The Morgan fingerprint density at radius 3 is 1.97 bits per heavy atom. The maximum atomic E-state index is 12.7. The lowest BCUT2D eigenvalue weighted by atomic mass is 10.1. The number of aromatic nitrogens is 1. The van der Waals surface area contributed by atoms with E-state index < -0.39 is 0 Å². The van der Waals surface area contributed by atoms with Gasteiger partial charge in [-0.05, 0) is 35.4 Å². The number of hydrogen-bond donors (Lipinski definition) is 1. The van der Waals surface area contributed by atoms with Crippen LogP contribution in [0.3, 0.4) is 0 Å². The predicted molar refractivity (Wildman–Crippen MR) is 123 cm³/mol. The number of methoxy groups -OCH3 is 2. The molecule has 1 N–H and O–H groups in total. The highest BCUT2D eigenvalue weighted by Crippen LogP contribution is 2.30. The van der Waals surface area contributed by atoms with Gasteiger partial charge in [0.05, 0.1) is 25.5 Å². The largest absolute Gasteiger partial charge is 0.512 e. The van der Waals surface area contributed by atoms with Crippen molar-refractivity contribution in [1.29, 1.82) is 0 Å². The maximum absolute atomic E-state index is 12.7. The molecule has 0 aliphatic carbocycles. The van der Waals surface area contributed by atoms with Crippen molar-refractivity contribution < 1.29 is 19.4 Å². The van der Waals surface area contributed by atoms with Gasteiger partial charge in [-0.2, -0.15) is 0 Å². The summed E-state index contributed by atoms with van der Waals surface area (Å²) in [4.78, 5) is 19.1. The first-order valence-corrected chi connectivity index (χ1v) is 10.8. The van der Waals surface area contributed by atoms with Crippen molar-refractivity contribution >= 4 is 22.1 Å². The van der Waals surface area contributed by atoms with Crippen LogP contribution in [0.2, 0.25) is 0 Å². The summed E-state index contributed by atoms with van der Waals surface area (Å²) in [5, 5.41) is 10.6. The zero-order valence-corrected chi connectivity index (χ0v) is 18.7. The molecule has 0 fully saturated rings. The molecule has 7 heteroatoms. The van der Waals surface area contributed by atoms with Gasteiger partial charge in [-0.15, -0.1) is 11.3 Å². The van der Waals surface area contributed by atoms with Crippen molar-refractivity contribution in [3.63, 3.8) is 0 Å². The predicted octanol–water partition coefficient (Wildman–Crippen LogP) is 5.40. The Hall–Kier alpha value is -3.32. The summed E-state index contributed by atoms with van der Waals surface area (Å²) in [5.74, 6) is 1.32. The van der Waals surface area contributed by atoms with E-state index >= 15 is 0 Å². The van der Waals surface area contributed by atoms with Gasteiger partial charge in [0.15, 0.2) is 0 Å². The van der Waals surface area contributed by atoms with Gasteiger partial charge in [-0.3, -0.25) is 4.79 Å². The molecule has 0 spiro atoms. The Balaban J connectivity index is 1.93. The summed E-state index contributed by atoms with van der Waals surface area (Å²) in [6.45, 7) is 2.96. The van der Waals surface area contributed by atoms with Crippen molar-refractivity contribution in [2.45, 2.75) is 26.4 Å². The van der Waals surface area contributed by atoms with Crippen LogP contribution in [-0.2, 0) is 13.1 Å². The van der Waals surface area contributed by atoms with Crippen molar-refractivity contribution in [3.05, 3.63) is 82.7 Å². The van der Waals surface area contributed by atoms with E-state index in [9.17, 15) is 9.90 Å². The lowest BCUT2D eigenvalue weighted by molar-refractivity contribution is 0.103. The lowest BCUT2D eigenvalue weighted by Gasteiger charge is -2.24. The van der Waals surface area contributed by atoms with Crippen LogP contribution in [0.4, 0.5) is 5.00 Å². The zero-order chi connectivity index (χ0) is 22.2. The van der Waals surface area contributed by atoms with E-state index in [2.05, 4.69) is 9.88 Å². The van der Waals surface area contributed by atoms with E-state index in [1.165, 1.54) is 17.4 Å². The fourth-order valence-electron chi connectivity index (χ4n) is 3.06. The summed E-state index contributed by atoms with van der Waals surface area (Å²) in [6, 6.07) is 15.7. The average Bonchev–Trinajstić information content (AvgIpc) is 3.29. The number of rotatable bonds is 10. The molecule has 0 aliphatic rings. The molecule has 2 aromatic carbocycles. The fraction of sp³-hybridized carbons (Fsp3) is 0.250. The second kappa shape index (κ2) is 10.6. The number of benzene rings is 2. The van der Waals surface area contributed by atoms with Crippen LogP contribution in [0.15, 0.2) is 65.9 Å². The molecule has 0 unspecified atom stereocenters. The normalized spacial score (nSPS) is 11.3. The van der Waals surface area contributed by atoms with Gasteiger partial charge >= 0.3 is 0 Å². The molecule has 0 bridgehead atoms. The number of carbonyl (C=O) groups excluding carboxylic acids is 1. The smallest absolute Gasteiger partial charge is 0.210 e. The van der Waals surface area contributed by atoms with Gasteiger partial charge in [-0.25, -0.2) is 4.98 Å². The van der Waals surface area contributed by atoms with Crippen molar-refractivity contribution in [2.75, 3.05) is 19.1 Å². The molecule has 1 heterocycles. The Morgan fingerprint density at radius 1 is 1.00 bits per heavy atom. The summed E-state index contributed by atoms with van der Waals surface area (Å²) in [6.07, 6.45) is 1.64. The number of aliphatic hydroxyl groups is 1. The Morgan fingerprint density at radius 2 is 1.52 bits per heavy atom. The number of nitrogens with zero attached hydrogens (tertiary/aromatic N) is 2. The van der Waals surface area contributed by atoms with E-state index in [0.29, 0.717) is 25.2 Å². The van der Waals surface area contributed by atoms with Crippen LogP contribution in [0.25, 0.3) is 0 Å². The molecule has 3 aromatic rings. The van der Waals surface area contributed by atoms with Gasteiger partial charge in [0.25, 0.3) is 0 Å². The molecule has 0 amide bonds. The number of aliphatic hydroxyl groups excluding tert-OH is 1. The molecule has 0 radical (unpaired) electrons. The molecule has 0 atom stereocenters. The lowest BCUT2D eigenvalue weighted by Crippen LogP contribution is -2.23. The van der Waals surface area contributed by atoms with E-state index in [1.54, 1.807) is 26.7 Å². The number of ketones is 1. The zero-order valence-electron chi connectivity index (χ0n) is 17.9. The molecule has 0 saturated carbocycles.